The number of nitrogens with zero attached hydrogens (tertiary/aromatic N) is 1. The zero-order valence-corrected chi connectivity index (χ0v) is 15.0. The van der Waals surface area contributed by atoms with E-state index < -0.39 is 16.0 Å². The van der Waals surface area contributed by atoms with Gasteiger partial charge < -0.3 is 4.74 Å². The van der Waals surface area contributed by atoms with Gasteiger partial charge in [0.25, 0.3) is 0 Å². The number of rotatable bonds is 6. The molecule has 0 heterocycles. The summed E-state index contributed by atoms with van der Waals surface area (Å²) in [6.45, 7) is 1.54. The van der Waals surface area contributed by atoms with Crippen LogP contribution < -0.4 is 0 Å². The molecule has 2 rings (SSSR count). The van der Waals surface area contributed by atoms with Crippen molar-refractivity contribution in [2.24, 2.45) is 0 Å². The Hall–Kier alpha value is -1.89. The van der Waals surface area contributed by atoms with Gasteiger partial charge in [0.1, 0.15) is 13.2 Å². The fourth-order valence-corrected chi connectivity index (χ4v) is 3.32. The molecule has 0 amide bonds. The van der Waals surface area contributed by atoms with Gasteiger partial charge in [-0.25, -0.2) is 8.42 Å². The molecule has 0 aliphatic heterocycles. The lowest BCUT2D eigenvalue weighted by Gasteiger charge is -2.16. The predicted molar refractivity (Wildman–Crippen MR) is 92.2 cm³/mol. The lowest BCUT2D eigenvalue weighted by atomic mass is 10.2. The van der Waals surface area contributed by atoms with Crippen LogP contribution in [0.25, 0.3) is 0 Å². The Morgan fingerprint density at radius 3 is 2.46 bits per heavy atom. The van der Waals surface area contributed by atoms with Crippen molar-refractivity contribution in [2.75, 3.05) is 13.6 Å². The van der Waals surface area contributed by atoms with Gasteiger partial charge >= 0.3 is 5.97 Å². The Morgan fingerprint density at radius 1 is 1.17 bits per heavy atom. The first-order chi connectivity index (χ1) is 11.3. The second-order valence-corrected chi connectivity index (χ2v) is 7.85. The summed E-state index contributed by atoms with van der Waals surface area (Å²) in [6.07, 6.45) is 0. The average Bonchev–Trinajstić information content (AvgIpc) is 2.53. The van der Waals surface area contributed by atoms with Crippen molar-refractivity contribution in [2.45, 2.75) is 18.4 Å². The molecular weight excluding hydrogens is 350 g/mol. The number of benzene rings is 2. The second-order valence-electron chi connectivity index (χ2n) is 5.36. The number of halogens is 1. The molecular formula is C17H18ClNO4S. The maximum atomic E-state index is 12.4. The van der Waals surface area contributed by atoms with E-state index in [1.165, 1.54) is 19.2 Å². The van der Waals surface area contributed by atoms with Crippen molar-refractivity contribution < 1.29 is 17.9 Å². The Labute approximate surface area is 146 Å². The molecule has 0 fully saturated rings. The summed E-state index contributed by atoms with van der Waals surface area (Å²) in [5.74, 6) is -0.631. The van der Waals surface area contributed by atoms with E-state index in [1.54, 1.807) is 36.4 Å². The molecule has 0 saturated heterocycles. The molecule has 0 atom stereocenters. The molecule has 5 nitrogen and oxygen atoms in total. The van der Waals surface area contributed by atoms with Crippen LogP contribution in [0.3, 0.4) is 0 Å². The van der Waals surface area contributed by atoms with E-state index in [2.05, 4.69) is 0 Å². The summed E-state index contributed by atoms with van der Waals surface area (Å²) >= 11 is 5.86. The minimum absolute atomic E-state index is 0.0395. The highest BCUT2D eigenvalue weighted by Crippen LogP contribution is 2.15. The maximum Gasteiger partial charge on any atom is 0.321 e. The van der Waals surface area contributed by atoms with Crippen LogP contribution in [0.1, 0.15) is 11.1 Å². The van der Waals surface area contributed by atoms with Gasteiger partial charge in [0.2, 0.25) is 10.0 Å². The van der Waals surface area contributed by atoms with E-state index in [-0.39, 0.29) is 18.0 Å². The monoisotopic (exact) mass is 367 g/mol. The summed E-state index contributed by atoms with van der Waals surface area (Å²) < 4.78 is 30.9. The minimum Gasteiger partial charge on any atom is -0.460 e. The minimum atomic E-state index is -3.73. The van der Waals surface area contributed by atoms with Gasteiger partial charge in [-0.05, 0) is 36.8 Å². The van der Waals surface area contributed by atoms with Gasteiger partial charge in [0.15, 0.2) is 0 Å². The molecule has 7 heteroatoms. The maximum absolute atomic E-state index is 12.4. The quantitative estimate of drug-likeness (QED) is 0.736. The molecule has 2 aromatic rings. The number of sulfonamides is 1. The number of aryl methyl sites for hydroxylation is 1. The van der Waals surface area contributed by atoms with Gasteiger partial charge in [0, 0.05) is 12.1 Å². The molecule has 0 N–H and O–H groups in total. The molecule has 128 valence electrons. The molecule has 0 aromatic heterocycles. The van der Waals surface area contributed by atoms with Crippen molar-refractivity contribution >= 4 is 27.6 Å². The van der Waals surface area contributed by atoms with E-state index in [9.17, 15) is 13.2 Å². The summed E-state index contributed by atoms with van der Waals surface area (Å²) in [6, 6.07) is 13.4. The Bertz CT molecular complexity index is 819. The van der Waals surface area contributed by atoms with Gasteiger partial charge in [-0.2, -0.15) is 4.31 Å². The highest BCUT2D eigenvalue weighted by molar-refractivity contribution is 7.89. The fraction of sp³-hybridized carbons (Fsp3) is 0.235. The van der Waals surface area contributed by atoms with Crippen molar-refractivity contribution in [1.82, 2.24) is 4.31 Å². The molecule has 0 unspecified atom stereocenters. The largest absolute Gasteiger partial charge is 0.460 e. The van der Waals surface area contributed by atoms with Crippen molar-refractivity contribution in [1.29, 1.82) is 0 Å². The van der Waals surface area contributed by atoms with E-state index in [0.717, 1.165) is 15.4 Å². The van der Waals surface area contributed by atoms with E-state index in [0.29, 0.717) is 5.02 Å². The van der Waals surface area contributed by atoms with E-state index in [1.807, 2.05) is 6.92 Å². The third-order valence-corrected chi connectivity index (χ3v) is 5.42. The highest BCUT2D eigenvalue weighted by Gasteiger charge is 2.23. The number of ether oxygens (including phenoxy) is 1. The number of hydrogen-bond donors (Lipinski definition) is 0. The average molecular weight is 368 g/mol. The zero-order chi connectivity index (χ0) is 17.7. The van der Waals surface area contributed by atoms with Crippen LogP contribution in [-0.4, -0.2) is 32.3 Å². The smallest absolute Gasteiger partial charge is 0.321 e. The molecule has 0 aliphatic rings. The topological polar surface area (TPSA) is 63.7 Å². The number of hydrogen-bond acceptors (Lipinski definition) is 4. The van der Waals surface area contributed by atoms with Crippen molar-refractivity contribution in [3.8, 4) is 0 Å². The van der Waals surface area contributed by atoms with Crippen LogP contribution in [0.2, 0.25) is 5.02 Å². The number of likely N-dealkylation sites (N-methyl/N-ethyl adjacent to an activating group) is 1. The first-order valence-electron chi connectivity index (χ1n) is 7.22. The summed E-state index contributed by atoms with van der Waals surface area (Å²) in [5.41, 5.74) is 1.69. The van der Waals surface area contributed by atoms with Crippen LogP contribution in [0.4, 0.5) is 0 Å². The van der Waals surface area contributed by atoms with Crippen LogP contribution in [0, 0.1) is 6.92 Å². The van der Waals surface area contributed by atoms with Crippen molar-refractivity contribution in [3.05, 3.63) is 64.7 Å². The molecule has 0 radical (unpaired) electrons. The van der Waals surface area contributed by atoms with Crippen LogP contribution in [0.5, 0.6) is 0 Å². The van der Waals surface area contributed by atoms with Crippen LogP contribution in [-0.2, 0) is 26.2 Å². The number of carbonyl (C=O) groups excluding carboxylic acids is 1. The number of carbonyl (C=O) groups is 1. The summed E-state index contributed by atoms with van der Waals surface area (Å²) in [4.78, 5) is 12.0. The normalized spacial score (nSPS) is 11.5. The SMILES string of the molecule is Cc1ccc(S(=O)(=O)N(C)CC(=O)OCc2cccc(Cl)c2)cc1. The highest BCUT2D eigenvalue weighted by atomic mass is 35.5. The Morgan fingerprint density at radius 2 is 1.83 bits per heavy atom. The molecule has 0 aliphatic carbocycles. The lowest BCUT2D eigenvalue weighted by molar-refractivity contribution is -0.144. The first kappa shape index (κ1) is 18.4. The third kappa shape index (κ3) is 4.80. The van der Waals surface area contributed by atoms with E-state index >= 15 is 0 Å². The van der Waals surface area contributed by atoms with Crippen LogP contribution >= 0.6 is 11.6 Å². The summed E-state index contributed by atoms with van der Waals surface area (Å²) in [7, 11) is -2.39. The predicted octanol–water partition coefficient (Wildman–Crippen LogP) is 3.01. The van der Waals surface area contributed by atoms with Gasteiger partial charge in [-0.3, -0.25) is 4.79 Å². The molecule has 24 heavy (non-hydrogen) atoms. The summed E-state index contributed by atoms with van der Waals surface area (Å²) in [5, 5.41) is 0.544. The molecule has 2 aromatic carbocycles. The van der Waals surface area contributed by atoms with Gasteiger partial charge in [-0.1, -0.05) is 41.4 Å². The van der Waals surface area contributed by atoms with Crippen molar-refractivity contribution in [3.63, 3.8) is 0 Å². The molecule has 0 bridgehead atoms. The Balaban J connectivity index is 1.96. The van der Waals surface area contributed by atoms with Crippen LogP contribution in [0.15, 0.2) is 53.4 Å². The zero-order valence-electron chi connectivity index (χ0n) is 13.4. The first-order valence-corrected chi connectivity index (χ1v) is 9.04. The fourth-order valence-electron chi connectivity index (χ4n) is 1.99. The second kappa shape index (κ2) is 7.79. The molecule has 0 spiro atoms. The Kier molecular flexibility index (Phi) is 5.99. The third-order valence-electron chi connectivity index (χ3n) is 3.37. The van der Waals surface area contributed by atoms with E-state index in [4.69, 9.17) is 16.3 Å². The standard InChI is InChI=1S/C17H18ClNO4S/c1-13-6-8-16(9-7-13)24(21,22)19(2)11-17(20)23-12-14-4-3-5-15(18)10-14/h3-10H,11-12H2,1-2H3. The lowest BCUT2D eigenvalue weighted by Crippen LogP contribution is -2.33. The van der Waals surface area contributed by atoms with Gasteiger partial charge in [0.05, 0.1) is 4.90 Å². The molecule has 0 saturated carbocycles. The number of esters is 1. The van der Waals surface area contributed by atoms with Gasteiger partial charge in [-0.15, -0.1) is 0 Å².